The van der Waals surface area contributed by atoms with Gasteiger partial charge >= 0.3 is 0 Å². The molecule has 0 saturated heterocycles. The van der Waals surface area contributed by atoms with Crippen LogP contribution in [-0.2, 0) is 9.47 Å². The van der Waals surface area contributed by atoms with Crippen molar-refractivity contribution in [1.29, 1.82) is 0 Å². The fraction of sp³-hybridized carbons (Fsp3) is 1.00. The summed E-state index contributed by atoms with van der Waals surface area (Å²) < 4.78 is 8.50. The van der Waals surface area contributed by atoms with Gasteiger partial charge in [-0.2, -0.15) is 0 Å². The fourth-order valence-corrected chi connectivity index (χ4v) is 0. The van der Waals surface area contributed by atoms with Crippen LogP contribution in [0, 0.1) is 21.7 Å². The van der Waals surface area contributed by atoms with Crippen molar-refractivity contribution < 1.29 is 9.47 Å². The van der Waals surface area contributed by atoms with Crippen LogP contribution in [0.5, 0.6) is 0 Å². The molecule has 0 unspecified atom stereocenters. The minimum absolute atomic E-state index is 0. The lowest BCUT2D eigenvalue weighted by Gasteiger charge is -2.05. The maximum Gasteiger partial charge on any atom is 0.0351 e. The molecule has 0 aromatic rings. The van der Waals surface area contributed by atoms with Crippen LogP contribution in [0.1, 0.15) is 176 Å². The van der Waals surface area contributed by atoms with Crippen LogP contribution in [0.3, 0.4) is 0 Å². The second-order valence-corrected chi connectivity index (χ2v) is 12.8. The summed E-state index contributed by atoms with van der Waals surface area (Å²) in [4.78, 5) is 0. The van der Waals surface area contributed by atoms with Crippen LogP contribution in [0.2, 0.25) is 0 Å². The average Bonchev–Trinajstić information content (AvgIpc) is 2.36. The van der Waals surface area contributed by atoms with E-state index < -0.39 is 0 Å². The first kappa shape index (κ1) is 83.6. The lowest BCUT2D eigenvalue weighted by Crippen LogP contribution is -1.93. The van der Waals surface area contributed by atoms with Crippen LogP contribution in [-0.4, -0.2) is 28.4 Å². The Morgan fingerprint density at radius 3 is 0.257 bits per heavy atom. The molecule has 2 nitrogen and oxygen atoms in total. The van der Waals surface area contributed by atoms with Crippen LogP contribution < -0.4 is 0 Å². The van der Waals surface area contributed by atoms with E-state index in [2.05, 4.69) is 120 Å². The van der Waals surface area contributed by atoms with Crippen molar-refractivity contribution in [3.8, 4) is 0 Å². The topological polar surface area (TPSA) is 18.5 Å². The zero-order valence-electron chi connectivity index (χ0n) is 26.8. The normalized spacial score (nSPS) is 8.23. The van der Waals surface area contributed by atoms with Gasteiger partial charge in [0.15, 0.2) is 0 Å². The zero-order chi connectivity index (χ0) is 27.4. The molecule has 2 heteroatoms. The van der Waals surface area contributed by atoms with Gasteiger partial charge in [-0.25, -0.2) is 0 Å². The molecule has 0 radical (unpaired) electrons. The minimum atomic E-state index is 0. The van der Waals surface area contributed by atoms with Gasteiger partial charge in [0.2, 0.25) is 0 Å². The van der Waals surface area contributed by atoms with Gasteiger partial charge in [0, 0.05) is 28.4 Å². The summed E-state index contributed by atoms with van der Waals surface area (Å²) in [6, 6.07) is 0. The Labute approximate surface area is 235 Å². The Kier molecular flexibility index (Phi) is 131. The molecule has 0 aliphatic carbocycles. The number of rotatable bonds is 0. The fourth-order valence-electron chi connectivity index (χ4n) is 0. The van der Waals surface area contributed by atoms with Gasteiger partial charge < -0.3 is 9.47 Å². The third-order valence-electron chi connectivity index (χ3n) is 0. The van der Waals surface area contributed by atoms with Crippen molar-refractivity contribution in [2.45, 2.75) is 176 Å². The van der Waals surface area contributed by atoms with Crippen LogP contribution in [0.4, 0.5) is 0 Å². The Hall–Kier alpha value is -0.0800. The van der Waals surface area contributed by atoms with Crippen molar-refractivity contribution >= 4 is 0 Å². The Morgan fingerprint density at radius 1 is 0.257 bits per heavy atom. The molecule has 0 aromatic carbocycles. The minimum Gasteiger partial charge on any atom is -0.388 e. The molecule has 0 heterocycles. The lowest BCUT2D eigenvalue weighted by molar-refractivity contribution is 0.277. The Balaban J connectivity index is -0.0000000144. The van der Waals surface area contributed by atoms with E-state index in [-0.39, 0.29) is 37.1 Å². The molecule has 0 aliphatic heterocycles. The van der Waals surface area contributed by atoms with E-state index >= 15 is 0 Å². The first-order chi connectivity index (χ1) is 12.8. The molecule has 0 N–H and O–H groups in total. The molecule has 0 bridgehead atoms. The third-order valence-corrected chi connectivity index (χ3v) is 0. The monoisotopic (exact) mass is 521 g/mol. The van der Waals surface area contributed by atoms with Gasteiger partial charge in [-0.3, -0.25) is 0 Å². The highest BCUT2D eigenvalue weighted by atomic mass is 16.5. The first-order valence-corrected chi connectivity index (χ1v) is 11.6. The van der Waals surface area contributed by atoms with Gasteiger partial charge in [-0.15, -0.1) is 0 Å². The summed E-state index contributed by atoms with van der Waals surface area (Å²) in [5, 5.41) is 0. The summed E-state index contributed by atoms with van der Waals surface area (Å²) in [6.45, 7) is 43.0. The largest absolute Gasteiger partial charge is 0.388 e. The average molecular weight is 521 g/mol. The summed E-state index contributed by atoms with van der Waals surface area (Å²) in [6.07, 6.45) is 0. The second kappa shape index (κ2) is 54.7. The van der Waals surface area contributed by atoms with Crippen molar-refractivity contribution in [1.82, 2.24) is 0 Å². The molecule has 0 spiro atoms. The Morgan fingerprint density at radius 2 is 0.257 bits per heavy atom. The molecular weight excluding hydrogens is 428 g/mol. The molecule has 0 amide bonds. The highest BCUT2D eigenvalue weighted by Crippen LogP contribution is 2.09. The predicted octanol–water partition coefficient (Wildman–Crippen LogP) is 14.0. The van der Waals surface area contributed by atoms with Crippen LogP contribution in [0.25, 0.3) is 0 Å². The van der Waals surface area contributed by atoms with Gasteiger partial charge in [0.25, 0.3) is 0 Å². The Bertz CT molecular complexity index is 143. The second-order valence-electron chi connectivity index (χ2n) is 12.8. The molecular formula is C33H92O2. The van der Waals surface area contributed by atoms with E-state index in [0.717, 1.165) is 0 Å². The van der Waals surface area contributed by atoms with E-state index in [9.17, 15) is 0 Å². The standard InChI is InChI=1S/4C5H12.2C2H6O.2C2H6.5CH4/c4*1-5(2,3)4;2*1-3-2;2*1-2;;;;;/h4*1-4H3;2*1-2H3;2*1-2H3;5*1H4. The van der Waals surface area contributed by atoms with E-state index in [1.165, 1.54) is 0 Å². The highest BCUT2D eigenvalue weighted by Gasteiger charge is 1.96. The van der Waals surface area contributed by atoms with E-state index in [1.807, 2.05) is 27.7 Å². The smallest absolute Gasteiger partial charge is 0.0351 e. The van der Waals surface area contributed by atoms with Crippen molar-refractivity contribution in [3.05, 3.63) is 0 Å². The van der Waals surface area contributed by atoms with Gasteiger partial charge in [-0.05, 0) is 21.7 Å². The SMILES string of the molecule is C.C.C.C.C.CC.CC.CC(C)(C)C.CC(C)(C)C.CC(C)(C)C.CC(C)(C)C.COC.COC. The van der Waals surface area contributed by atoms with Crippen LogP contribution in [0.15, 0.2) is 0 Å². The van der Waals surface area contributed by atoms with Crippen molar-refractivity contribution in [2.24, 2.45) is 21.7 Å². The molecule has 0 atom stereocenters. The van der Waals surface area contributed by atoms with E-state index in [4.69, 9.17) is 0 Å². The predicted molar refractivity (Wildman–Crippen MR) is 183 cm³/mol. The van der Waals surface area contributed by atoms with Gasteiger partial charge in [0.1, 0.15) is 0 Å². The first-order valence-electron chi connectivity index (χ1n) is 11.6. The number of hydrogen-bond donors (Lipinski definition) is 0. The number of ether oxygens (including phenoxy) is 2. The zero-order valence-corrected chi connectivity index (χ0v) is 26.8. The molecule has 35 heavy (non-hydrogen) atoms. The highest BCUT2D eigenvalue weighted by molar-refractivity contribution is 4.48. The summed E-state index contributed by atoms with van der Waals surface area (Å²) in [7, 11) is 6.50. The summed E-state index contributed by atoms with van der Waals surface area (Å²) in [5.74, 6) is 0. The molecule has 0 saturated carbocycles. The molecule has 236 valence electrons. The number of hydrogen-bond acceptors (Lipinski definition) is 2. The molecule has 0 fully saturated rings. The molecule has 0 aliphatic rings. The van der Waals surface area contributed by atoms with Crippen molar-refractivity contribution in [3.63, 3.8) is 0 Å². The van der Waals surface area contributed by atoms with Gasteiger partial charge in [-0.1, -0.05) is 176 Å². The maximum absolute atomic E-state index is 4.25. The molecule has 0 rings (SSSR count). The summed E-state index contributed by atoms with van der Waals surface area (Å²) in [5.41, 5.74) is 2.00. The van der Waals surface area contributed by atoms with Crippen LogP contribution >= 0.6 is 0 Å². The third kappa shape index (κ3) is 5400000. The quantitative estimate of drug-likeness (QED) is 0.316. The van der Waals surface area contributed by atoms with Crippen molar-refractivity contribution in [2.75, 3.05) is 28.4 Å². The van der Waals surface area contributed by atoms with E-state index in [1.54, 1.807) is 28.4 Å². The van der Waals surface area contributed by atoms with Gasteiger partial charge in [0.05, 0.1) is 0 Å². The summed E-state index contributed by atoms with van der Waals surface area (Å²) >= 11 is 0. The molecule has 0 aromatic heterocycles. The van der Waals surface area contributed by atoms with E-state index in [0.29, 0.717) is 21.7 Å². The lowest BCUT2D eigenvalue weighted by atomic mass is 10.0. The number of methoxy groups -OCH3 is 2. The maximum atomic E-state index is 4.25.